The Balaban J connectivity index is 1.36. The summed E-state index contributed by atoms with van der Waals surface area (Å²) in [6, 6.07) is 9.64. The zero-order chi connectivity index (χ0) is 21.8. The Morgan fingerprint density at radius 1 is 0.812 bits per heavy atom. The molecule has 2 saturated heterocycles. The molecule has 0 bridgehead atoms. The third-order valence-electron chi connectivity index (χ3n) is 7.56. The van der Waals surface area contributed by atoms with E-state index in [-0.39, 0.29) is 11.9 Å². The molecule has 32 heavy (non-hydrogen) atoms. The second-order valence-electron chi connectivity index (χ2n) is 9.92. The molecule has 0 radical (unpaired) electrons. The number of anilines is 1. The summed E-state index contributed by atoms with van der Waals surface area (Å²) in [7, 11) is 0. The number of nitrogens with zero attached hydrogens (tertiary/aromatic N) is 3. The second-order valence-corrected chi connectivity index (χ2v) is 9.92. The number of ether oxygens (including phenoxy) is 1. The van der Waals surface area contributed by atoms with Gasteiger partial charge in [0.1, 0.15) is 0 Å². The van der Waals surface area contributed by atoms with Crippen molar-refractivity contribution in [2.24, 2.45) is 4.99 Å². The third kappa shape index (κ3) is 4.87. The predicted molar refractivity (Wildman–Crippen MR) is 130 cm³/mol. The summed E-state index contributed by atoms with van der Waals surface area (Å²) < 4.78 is 6.17. The molecule has 1 aromatic carbocycles. The van der Waals surface area contributed by atoms with Crippen molar-refractivity contribution in [3.63, 3.8) is 0 Å². The average Bonchev–Trinajstić information content (AvgIpc) is 3.15. The fraction of sp³-hybridized carbons (Fsp3) is 0.630. The van der Waals surface area contributed by atoms with Crippen LogP contribution in [0, 0.1) is 0 Å². The molecule has 0 N–H and O–H groups in total. The largest absolute Gasteiger partial charge is 0.420 e. The minimum atomic E-state index is -0.00781. The number of amides is 1. The van der Waals surface area contributed by atoms with Gasteiger partial charge in [-0.2, -0.15) is 0 Å². The smallest absolute Gasteiger partial charge is 0.300 e. The lowest BCUT2D eigenvalue weighted by atomic mass is 9.94. The lowest BCUT2D eigenvalue weighted by molar-refractivity contribution is -0.124. The molecule has 1 aromatic rings. The number of benzene rings is 1. The van der Waals surface area contributed by atoms with Crippen LogP contribution in [0.5, 0.6) is 0 Å². The van der Waals surface area contributed by atoms with Crippen molar-refractivity contribution in [1.82, 2.24) is 4.90 Å². The highest BCUT2D eigenvalue weighted by Gasteiger charge is 2.40. The Kier molecular flexibility index (Phi) is 6.80. The SMILES string of the molecule is O=C1/C(=C\c2ccc(N3CCCCC3)cc2)O/C(=N/C2CCCCC2)N1C1CCCCC1. The molecule has 5 heteroatoms. The first-order valence-corrected chi connectivity index (χ1v) is 12.9. The van der Waals surface area contributed by atoms with Crippen LogP contribution >= 0.6 is 0 Å². The van der Waals surface area contributed by atoms with Crippen LogP contribution in [0.2, 0.25) is 0 Å². The van der Waals surface area contributed by atoms with Crippen LogP contribution in [0.25, 0.3) is 6.08 Å². The molecule has 2 heterocycles. The zero-order valence-corrected chi connectivity index (χ0v) is 19.3. The molecule has 0 spiro atoms. The minimum Gasteiger partial charge on any atom is -0.420 e. The van der Waals surface area contributed by atoms with Gasteiger partial charge < -0.3 is 9.64 Å². The monoisotopic (exact) mass is 435 g/mol. The molecule has 1 amide bonds. The minimum absolute atomic E-state index is 0.00781. The fourth-order valence-electron chi connectivity index (χ4n) is 5.69. The van der Waals surface area contributed by atoms with Gasteiger partial charge >= 0.3 is 6.02 Å². The van der Waals surface area contributed by atoms with E-state index in [4.69, 9.17) is 9.73 Å². The van der Waals surface area contributed by atoms with E-state index in [2.05, 4.69) is 29.2 Å². The maximum absolute atomic E-state index is 13.4. The van der Waals surface area contributed by atoms with Crippen molar-refractivity contribution in [2.45, 2.75) is 95.6 Å². The molecule has 0 unspecified atom stereocenters. The van der Waals surface area contributed by atoms with Crippen LogP contribution in [-0.4, -0.2) is 42.0 Å². The van der Waals surface area contributed by atoms with Gasteiger partial charge in [-0.25, -0.2) is 4.99 Å². The molecule has 5 rings (SSSR count). The van der Waals surface area contributed by atoms with Gasteiger partial charge in [-0.3, -0.25) is 9.69 Å². The fourth-order valence-corrected chi connectivity index (χ4v) is 5.69. The third-order valence-corrected chi connectivity index (χ3v) is 7.56. The van der Waals surface area contributed by atoms with Crippen molar-refractivity contribution >= 4 is 23.7 Å². The van der Waals surface area contributed by atoms with Crippen molar-refractivity contribution < 1.29 is 9.53 Å². The Labute approximate surface area is 192 Å². The van der Waals surface area contributed by atoms with Crippen LogP contribution in [0.3, 0.4) is 0 Å². The van der Waals surface area contributed by atoms with E-state index >= 15 is 0 Å². The van der Waals surface area contributed by atoms with E-state index < -0.39 is 0 Å². The van der Waals surface area contributed by atoms with Crippen LogP contribution in [0.15, 0.2) is 35.0 Å². The lowest BCUT2D eigenvalue weighted by Gasteiger charge is -2.29. The number of hydrogen-bond acceptors (Lipinski definition) is 4. The van der Waals surface area contributed by atoms with E-state index in [1.165, 1.54) is 63.5 Å². The average molecular weight is 436 g/mol. The van der Waals surface area contributed by atoms with E-state index in [1.807, 2.05) is 11.0 Å². The highest BCUT2D eigenvalue weighted by Crippen LogP contribution is 2.31. The van der Waals surface area contributed by atoms with Crippen molar-refractivity contribution in [3.8, 4) is 0 Å². The van der Waals surface area contributed by atoms with Gasteiger partial charge in [-0.15, -0.1) is 0 Å². The lowest BCUT2D eigenvalue weighted by Crippen LogP contribution is -2.41. The summed E-state index contributed by atoms with van der Waals surface area (Å²) in [5.41, 5.74) is 2.28. The summed E-state index contributed by atoms with van der Waals surface area (Å²) in [5.74, 6) is 0.419. The topological polar surface area (TPSA) is 45.1 Å². The number of aliphatic imine (C=N–C) groups is 1. The molecule has 172 valence electrons. The highest BCUT2D eigenvalue weighted by atomic mass is 16.5. The Morgan fingerprint density at radius 3 is 2.12 bits per heavy atom. The number of amidine groups is 1. The van der Waals surface area contributed by atoms with Gasteiger partial charge in [0.05, 0.1) is 6.04 Å². The van der Waals surface area contributed by atoms with Crippen LogP contribution in [0.4, 0.5) is 5.69 Å². The number of carbonyl (C=O) groups is 1. The first kappa shape index (κ1) is 21.5. The molecule has 0 atom stereocenters. The number of piperidine rings is 1. The van der Waals surface area contributed by atoms with Crippen LogP contribution in [-0.2, 0) is 9.53 Å². The molecular weight excluding hydrogens is 398 g/mol. The summed E-state index contributed by atoms with van der Waals surface area (Å²) in [6.07, 6.45) is 17.5. The summed E-state index contributed by atoms with van der Waals surface area (Å²) in [5, 5.41) is 0. The van der Waals surface area contributed by atoms with Gasteiger partial charge in [-0.05, 0) is 68.7 Å². The Morgan fingerprint density at radius 2 is 1.44 bits per heavy atom. The zero-order valence-electron chi connectivity index (χ0n) is 19.3. The molecule has 4 aliphatic rings. The Hall–Kier alpha value is -2.30. The van der Waals surface area contributed by atoms with Gasteiger partial charge in [0, 0.05) is 24.8 Å². The number of hydrogen-bond donors (Lipinski definition) is 0. The van der Waals surface area contributed by atoms with Crippen molar-refractivity contribution in [3.05, 3.63) is 35.6 Å². The van der Waals surface area contributed by atoms with E-state index in [0.29, 0.717) is 17.8 Å². The molecule has 2 aliphatic heterocycles. The van der Waals surface area contributed by atoms with Crippen LogP contribution < -0.4 is 4.90 Å². The molecule has 5 nitrogen and oxygen atoms in total. The maximum Gasteiger partial charge on any atom is 0.300 e. The first-order chi connectivity index (χ1) is 15.8. The molecule has 0 aromatic heterocycles. The van der Waals surface area contributed by atoms with Crippen molar-refractivity contribution in [2.75, 3.05) is 18.0 Å². The number of carbonyl (C=O) groups excluding carboxylic acids is 1. The summed E-state index contributed by atoms with van der Waals surface area (Å²) >= 11 is 0. The predicted octanol–water partition coefficient (Wildman–Crippen LogP) is 5.90. The standard InChI is InChI=1S/C27H37N3O2/c31-26-25(20-21-14-16-23(17-15-21)29-18-8-3-9-19-29)32-27(28-22-10-4-1-5-11-22)30(26)24-12-6-2-7-13-24/h14-17,20,22,24H,1-13,18-19H2/b25-20+,28-27+. The van der Waals surface area contributed by atoms with Gasteiger partial charge in [0.15, 0.2) is 5.76 Å². The van der Waals surface area contributed by atoms with Gasteiger partial charge in [0.2, 0.25) is 0 Å². The number of rotatable bonds is 4. The normalized spacial score (nSPS) is 26.2. The van der Waals surface area contributed by atoms with Crippen LogP contribution in [0.1, 0.15) is 89.0 Å². The highest BCUT2D eigenvalue weighted by molar-refractivity contribution is 6.11. The molecular formula is C27H37N3O2. The van der Waals surface area contributed by atoms with E-state index in [1.54, 1.807) is 0 Å². The Bertz CT molecular complexity index is 842. The van der Waals surface area contributed by atoms with Gasteiger partial charge in [0.25, 0.3) is 5.91 Å². The molecule has 2 aliphatic carbocycles. The summed E-state index contributed by atoms with van der Waals surface area (Å²) in [6.45, 7) is 2.28. The maximum atomic E-state index is 13.4. The van der Waals surface area contributed by atoms with Crippen molar-refractivity contribution in [1.29, 1.82) is 0 Å². The van der Waals surface area contributed by atoms with E-state index in [9.17, 15) is 4.79 Å². The van der Waals surface area contributed by atoms with Gasteiger partial charge in [-0.1, -0.05) is 50.7 Å². The second kappa shape index (κ2) is 10.1. The molecule has 4 fully saturated rings. The quantitative estimate of drug-likeness (QED) is 0.553. The van der Waals surface area contributed by atoms with E-state index in [0.717, 1.165) is 44.3 Å². The summed E-state index contributed by atoms with van der Waals surface area (Å²) in [4.78, 5) is 22.7. The first-order valence-electron chi connectivity index (χ1n) is 12.9. The molecule has 2 saturated carbocycles.